The number of nitrogens with two attached hydrogens (primary N) is 1. The Morgan fingerprint density at radius 3 is 2.53 bits per heavy atom. The molecule has 3 atom stereocenters. The standard InChI is InChI=1S/C13H25NO/c1-10-6-7-12(9-11(10)2)13(15)5-3-4-8-14/h10-12H,3-9,14H2,1-2H3. The molecule has 2 heteroatoms. The number of hydrogen-bond acceptors (Lipinski definition) is 2. The second kappa shape index (κ2) is 6.26. The van der Waals surface area contributed by atoms with Crippen LogP contribution in [0.4, 0.5) is 0 Å². The topological polar surface area (TPSA) is 43.1 Å². The van der Waals surface area contributed by atoms with Crippen LogP contribution in [0.5, 0.6) is 0 Å². The minimum atomic E-state index is 0.356. The number of hydrogen-bond donors (Lipinski definition) is 1. The quantitative estimate of drug-likeness (QED) is 0.711. The van der Waals surface area contributed by atoms with E-state index in [0.29, 0.717) is 18.2 Å². The minimum absolute atomic E-state index is 0.356. The van der Waals surface area contributed by atoms with E-state index < -0.39 is 0 Å². The van der Waals surface area contributed by atoms with Crippen LogP contribution in [0.3, 0.4) is 0 Å². The molecule has 1 rings (SSSR count). The van der Waals surface area contributed by atoms with E-state index in [0.717, 1.165) is 43.9 Å². The molecule has 15 heavy (non-hydrogen) atoms. The lowest BCUT2D eigenvalue weighted by Gasteiger charge is -2.31. The van der Waals surface area contributed by atoms with Gasteiger partial charge in [-0.3, -0.25) is 4.79 Å². The lowest BCUT2D eigenvalue weighted by atomic mass is 9.74. The number of Topliss-reactive ketones (excluding diaryl/α,β-unsaturated/α-hetero) is 1. The van der Waals surface area contributed by atoms with Gasteiger partial charge in [0, 0.05) is 12.3 Å². The first-order valence-electron chi connectivity index (χ1n) is 6.38. The SMILES string of the molecule is CC1CCC(C(=O)CCCCN)CC1C. The Kier molecular flexibility index (Phi) is 5.30. The van der Waals surface area contributed by atoms with Crippen molar-refractivity contribution in [3.63, 3.8) is 0 Å². The van der Waals surface area contributed by atoms with Gasteiger partial charge in [0.1, 0.15) is 5.78 Å². The number of rotatable bonds is 5. The largest absolute Gasteiger partial charge is 0.330 e. The maximum Gasteiger partial charge on any atom is 0.135 e. The second-order valence-electron chi connectivity index (χ2n) is 5.18. The van der Waals surface area contributed by atoms with Crippen molar-refractivity contribution >= 4 is 5.78 Å². The summed E-state index contributed by atoms with van der Waals surface area (Å²) >= 11 is 0. The van der Waals surface area contributed by atoms with Crippen molar-refractivity contribution in [1.82, 2.24) is 0 Å². The lowest BCUT2D eigenvalue weighted by molar-refractivity contribution is -0.124. The zero-order valence-electron chi connectivity index (χ0n) is 10.2. The van der Waals surface area contributed by atoms with Crippen molar-refractivity contribution < 1.29 is 4.79 Å². The van der Waals surface area contributed by atoms with Gasteiger partial charge in [0.25, 0.3) is 0 Å². The summed E-state index contributed by atoms with van der Waals surface area (Å²) in [6, 6.07) is 0. The number of carbonyl (C=O) groups excluding carboxylic acids is 1. The van der Waals surface area contributed by atoms with Crippen molar-refractivity contribution in [1.29, 1.82) is 0 Å². The molecule has 0 aromatic rings. The van der Waals surface area contributed by atoms with E-state index in [1.807, 2.05) is 0 Å². The zero-order valence-corrected chi connectivity index (χ0v) is 10.2. The van der Waals surface area contributed by atoms with E-state index in [1.54, 1.807) is 0 Å². The molecule has 0 spiro atoms. The maximum atomic E-state index is 11.9. The number of ketones is 1. The second-order valence-corrected chi connectivity index (χ2v) is 5.18. The summed E-state index contributed by atoms with van der Waals surface area (Å²) in [6.07, 6.45) is 6.19. The van der Waals surface area contributed by atoms with Crippen LogP contribution in [-0.4, -0.2) is 12.3 Å². The molecule has 1 fully saturated rings. The summed E-state index contributed by atoms with van der Waals surface area (Å²) in [4.78, 5) is 11.9. The van der Waals surface area contributed by atoms with Crippen LogP contribution in [0.1, 0.15) is 52.4 Å². The molecule has 0 bridgehead atoms. The smallest absolute Gasteiger partial charge is 0.135 e. The highest BCUT2D eigenvalue weighted by Gasteiger charge is 2.28. The molecule has 0 amide bonds. The third-order valence-corrected chi connectivity index (χ3v) is 3.93. The molecule has 0 aromatic heterocycles. The summed E-state index contributed by atoms with van der Waals surface area (Å²) in [7, 11) is 0. The Morgan fingerprint density at radius 1 is 1.20 bits per heavy atom. The summed E-state index contributed by atoms with van der Waals surface area (Å²) in [6.45, 7) is 5.30. The van der Waals surface area contributed by atoms with Gasteiger partial charge in [-0.1, -0.05) is 13.8 Å². The van der Waals surface area contributed by atoms with E-state index in [9.17, 15) is 4.79 Å². The van der Waals surface area contributed by atoms with Crippen LogP contribution in [0.2, 0.25) is 0 Å². The van der Waals surface area contributed by atoms with Crippen molar-refractivity contribution in [2.75, 3.05) is 6.54 Å². The Morgan fingerprint density at radius 2 is 1.93 bits per heavy atom. The summed E-state index contributed by atoms with van der Waals surface area (Å²) in [5, 5.41) is 0. The van der Waals surface area contributed by atoms with E-state index in [2.05, 4.69) is 13.8 Å². The normalized spacial score (nSPS) is 31.5. The molecule has 2 nitrogen and oxygen atoms in total. The van der Waals surface area contributed by atoms with Gasteiger partial charge >= 0.3 is 0 Å². The summed E-state index contributed by atoms with van der Waals surface area (Å²) in [5.74, 6) is 2.37. The molecule has 0 aromatic carbocycles. The van der Waals surface area contributed by atoms with Crippen LogP contribution < -0.4 is 5.73 Å². The van der Waals surface area contributed by atoms with Crippen LogP contribution in [-0.2, 0) is 4.79 Å². The molecule has 1 aliphatic carbocycles. The Balaban J connectivity index is 2.28. The van der Waals surface area contributed by atoms with Gasteiger partial charge in [-0.2, -0.15) is 0 Å². The van der Waals surface area contributed by atoms with Gasteiger partial charge in [-0.15, -0.1) is 0 Å². The van der Waals surface area contributed by atoms with E-state index in [1.165, 1.54) is 6.42 Å². The molecular weight excluding hydrogens is 186 g/mol. The molecule has 1 saturated carbocycles. The van der Waals surface area contributed by atoms with Gasteiger partial charge in [0.15, 0.2) is 0 Å². The monoisotopic (exact) mass is 211 g/mol. The summed E-state index contributed by atoms with van der Waals surface area (Å²) < 4.78 is 0. The Labute approximate surface area is 93.6 Å². The predicted octanol–water partition coefficient (Wildman–Crippen LogP) is 2.76. The Bertz CT molecular complexity index is 203. The van der Waals surface area contributed by atoms with Crippen molar-refractivity contribution in [2.24, 2.45) is 23.5 Å². The van der Waals surface area contributed by atoms with Gasteiger partial charge in [-0.05, 0) is 50.5 Å². The number of unbranched alkanes of at least 4 members (excludes halogenated alkanes) is 1. The molecule has 0 saturated heterocycles. The van der Waals surface area contributed by atoms with Gasteiger partial charge in [0.2, 0.25) is 0 Å². The molecule has 1 aliphatic rings. The van der Waals surface area contributed by atoms with Crippen molar-refractivity contribution in [2.45, 2.75) is 52.4 Å². The van der Waals surface area contributed by atoms with Crippen molar-refractivity contribution in [3.8, 4) is 0 Å². The lowest BCUT2D eigenvalue weighted by Crippen LogP contribution is -2.26. The van der Waals surface area contributed by atoms with E-state index in [-0.39, 0.29) is 0 Å². The molecule has 88 valence electrons. The van der Waals surface area contributed by atoms with E-state index >= 15 is 0 Å². The highest BCUT2D eigenvalue weighted by molar-refractivity contribution is 5.81. The molecular formula is C13H25NO. The van der Waals surface area contributed by atoms with Gasteiger partial charge in [-0.25, -0.2) is 0 Å². The first-order chi connectivity index (χ1) is 7.15. The highest BCUT2D eigenvalue weighted by Crippen LogP contribution is 2.34. The fourth-order valence-corrected chi connectivity index (χ4v) is 2.49. The van der Waals surface area contributed by atoms with Crippen LogP contribution in [0, 0.1) is 17.8 Å². The third-order valence-electron chi connectivity index (χ3n) is 3.93. The average molecular weight is 211 g/mol. The molecule has 2 N–H and O–H groups in total. The highest BCUT2D eigenvalue weighted by atomic mass is 16.1. The maximum absolute atomic E-state index is 11.9. The molecule has 0 aliphatic heterocycles. The number of carbonyl (C=O) groups is 1. The zero-order chi connectivity index (χ0) is 11.3. The van der Waals surface area contributed by atoms with Gasteiger partial charge < -0.3 is 5.73 Å². The van der Waals surface area contributed by atoms with Crippen molar-refractivity contribution in [3.05, 3.63) is 0 Å². The van der Waals surface area contributed by atoms with E-state index in [4.69, 9.17) is 5.73 Å². The Hall–Kier alpha value is -0.370. The van der Waals surface area contributed by atoms with Gasteiger partial charge in [0.05, 0.1) is 0 Å². The van der Waals surface area contributed by atoms with Crippen LogP contribution in [0.15, 0.2) is 0 Å². The molecule has 0 heterocycles. The fraction of sp³-hybridized carbons (Fsp3) is 0.923. The first-order valence-corrected chi connectivity index (χ1v) is 6.38. The van der Waals surface area contributed by atoms with Crippen LogP contribution >= 0.6 is 0 Å². The average Bonchev–Trinajstić information content (AvgIpc) is 2.22. The first kappa shape index (κ1) is 12.7. The molecule has 3 unspecified atom stereocenters. The molecule has 0 radical (unpaired) electrons. The third kappa shape index (κ3) is 3.94. The predicted molar refractivity (Wildman–Crippen MR) is 63.6 cm³/mol. The van der Waals surface area contributed by atoms with Crippen LogP contribution in [0.25, 0.3) is 0 Å². The fourth-order valence-electron chi connectivity index (χ4n) is 2.49. The minimum Gasteiger partial charge on any atom is -0.330 e. The summed E-state index contributed by atoms with van der Waals surface area (Å²) in [5.41, 5.74) is 5.42.